The zero-order valence-electron chi connectivity index (χ0n) is 21.9. The monoisotopic (exact) mass is 567 g/mol. The van der Waals surface area contributed by atoms with Crippen LogP contribution in [-0.4, -0.2) is 46.3 Å². The Morgan fingerprint density at radius 2 is 1.68 bits per heavy atom. The number of ether oxygens (including phenoxy) is 1. The molecule has 12 heteroatoms. The van der Waals surface area contributed by atoms with E-state index in [1.807, 2.05) is 19.1 Å². The zero-order chi connectivity index (χ0) is 28.8. The third-order valence-electron chi connectivity index (χ3n) is 6.49. The van der Waals surface area contributed by atoms with Crippen molar-refractivity contribution in [2.24, 2.45) is 0 Å². The van der Waals surface area contributed by atoms with E-state index >= 15 is 0 Å². The quantitative estimate of drug-likeness (QED) is 0.256. The molecular formula is C28H24F3N5O3S. The van der Waals surface area contributed by atoms with Crippen LogP contribution in [0.25, 0.3) is 33.8 Å². The second-order valence-electron chi connectivity index (χ2n) is 9.26. The Morgan fingerprint density at radius 1 is 0.925 bits per heavy atom. The van der Waals surface area contributed by atoms with Crippen LogP contribution in [0.2, 0.25) is 0 Å². The molecule has 0 spiro atoms. The van der Waals surface area contributed by atoms with Crippen LogP contribution in [0, 0.1) is 13.8 Å². The number of benzene rings is 3. The SMILES string of the molecule is COc1ccc(-c2cnnn2-c2cc(-c3cccc(S(C)(=O)=O)c3)ccc2-n2cc(C(F)(F)F)nc2C)c(C)c1. The minimum Gasteiger partial charge on any atom is -0.497 e. The van der Waals surface area contributed by atoms with Gasteiger partial charge < -0.3 is 9.30 Å². The number of hydrogen-bond acceptors (Lipinski definition) is 6. The Kier molecular flexibility index (Phi) is 6.74. The first-order chi connectivity index (χ1) is 18.9. The molecule has 0 saturated heterocycles. The summed E-state index contributed by atoms with van der Waals surface area (Å²) < 4.78 is 73.1. The number of sulfone groups is 1. The fourth-order valence-corrected chi connectivity index (χ4v) is 5.15. The van der Waals surface area contributed by atoms with Crippen LogP contribution in [0.1, 0.15) is 17.1 Å². The number of rotatable bonds is 6. The fraction of sp³-hybridized carbons (Fsp3) is 0.179. The van der Waals surface area contributed by atoms with Gasteiger partial charge in [-0.25, -0.2) is 18.1 Å². The van der Waals surface area contributed by atoms with Crippen LogP contribution in [0.4, 0.5) is 13.2 Å². The van der Waals surface area contributed by atoms with Crippen molar-refractivity contribution < 1.29 is 26.3 Å². The average Bonchev–Trinajstić information content (AvgIpc) is 3.55. The predicted octanol–water partition coefficient (Wildman–Crippen LogP) is 5.83. The minimum absolute atomic E-state index is 0.127. The Hall–Kier alpha value is -4.45. The highest BCUT2D eigenvalue weighted by molar-refractivity contribution is 7.90. The van der Waals surface area contributed by atoms with Gasteiger partial charge in [-0.05, 0) is 73.0 Å². The summed E-state index contributed by atoms with van der Waals surface area (Å²) in [7, 11) is -1.90. The van der Waals surface area contributed by atoms with Crippen LogP contribution in [0.15, 0.2) is 78.0 Å². The summed E-state index contributed by atoms with van der Waals surface area (Å²) in [5.41, 5.74) is 3.27. The number of nitrogens with zero attached hydrogens (tertiary/aromatic N) is 5. The van der Waals surface area contributed by atoms with Crippen molar-refractivity contribution in [2.45, 2.75) is 24.9 Å². The summed E-state index contributed by atoms with van der Waals surface area (Å²) in [5, 5.41) is 8.40. The highest BCUT2D eigenvalue weighted by Crippen LogP contribution is 2.35. The van der Waals surface area contributed by atoms with E-state index in [0.29, 0.717) is 33.9 Å². The van der Waals surface area contributed by atoms with Crippen molar-refractivity contribution in [1.29, 1.82) is 0 Å². The number of methoxy groups -OCH3 is 1. The van der Waals surface area contributed by atoms with E-state index in [-0.39, 0.29) is 10.7 Å². The van der Waals surface area contributed by atoms with Gasteiger partial charge in [-0.3, -0.25) is 0 Å². The summed E-state index contributed by atoms with van der Waals surface area (Å²) in [6.07, 6.45) is -0.995. The number of aryl methyl sites for hydroxylation is 2. The maximum atomic E-state index is 13.5. The molecule has 40 heavy (non-hydrogen) atoms. The summed E-state index contributed by atoms with van der Waals surface area (Å²) >= 11 is 0. The number of alkyl halides is 3. The molecule has 5 aromatic rings. The molecule has 0 amide bonds. The van der Waals surface area contributed by atoms with E-state index in [0.717, 1.165) is 23.6 Å². The molecule has 0 aliphatic carbocycles. The van der Waals surface area contributed by atoms with Crippen LogP contribution in [0.3, 0.4) is 0 Å². The van der Waals surface area contributed by atoms with Gasteiger partial charge in [0.1, 0.15) is 11.6 Å². The van der Waals surface area contributed by atoms with Gasteiger partial charge in [0.2, 0.25) is 0 Å². The van der Waals surface area contributed by atoms with Crippen LogP contribution in [-0.2, 0) is 16.0 Å². The Bertz CT molecular complexity index is 1840. The van der Waals surface area contributed by atoms with Crippen LogP contribution < -0.4 is 4.74 Å². The molecule has 206 valence electrons. The van der Waals surface area contributed by atoms with E-state index in [2.05, 4.69) is 15.3 Å². The van der Waals surface area contributed by atoms with Gasteiger partial charge in [-0.15, -0.1) is 5.10 Å². The maximum Gasteiger partial charge on any atom is 0.434 e. The highest BCUT2D eigenvalue weighted by Gasteiger charge is 2.34. The van der Waals surface area contributed by atoms with Crippen molar-refractivity contribution in [2.75, 3.05) is 13.4 Å². The normalized spacial score (nSPS) is 12.1. The first-order valence-electron chi connectivity index (χ1n) is 12.0. The van der Waals surface area contributed by atoms with Crippen molar-refractivity contribution in [3.63, 3.8) is 0 Å². The standard InChI is InChI=1S/C28H24F3N5O3S/c1-17-12-21(39-3)9-10-23(17)26-15-32-34-36(26)25-14-20(19-6-5-7-22(13-19)40(4,37)38)8-11-24(25)35-16-27(28(29,30)31)33-18(35)2/h5-16H,1-4H3. The first kappa shape index (κ1) is 27.1. The van der Waals surface area contributed by atoms with Crippen molar-refractivity contribution in [3.05, 3.63) is 90.1 Å². The molecule has 0 atom stereocenters. The smallest absolute Gasteiger partial charge is 0.434 e. The molecular weight excluding hydrogens is 543 g/mol. The zero-order valence-corrected chi connectivity index (χ0v) is 22.7. The van der Waals surface area contributed by atoms with E-state index in [4.69, 9.17) is 4.74 Å². The number of halogens is 3. The summed E-state index contributed by atoms with van der Waals surface area (Å²) in [5.74, 6) is 0.796. The Balaban J connectivity index is 1.75. The lowest BCUT2D eigenvalue weighted by molar-refractivity contribution is -0.141. The molecule has 0 bridgehead atoms. The largest absolute Gasteiger partial charge is 0.497 e. The molecule has 8 nitrogen and oxygen atoms in total. The predicted molar refractivity (Wildman–Crippen MR) is 143 cm³/mol. The molecule has 0 saturated carbocycles. The minimum atomic E-state index is -4.62. The average molecular weight is 568 g/mol. The molecule has 0 radical (unpaired) electrons. The van der Waals surface area contributed by atoms with E-state index in [1.165, 1.54) is 17.6 Å². The number of aromatic nitrogens is 5. The topological polar surface area (TPSA) is 91.9 Å². The van der Waals surface area contributed by atoms with Gasteiger partial charge >= 0.3 is 6.18 Å². The lowest BCUT2D eigenvalue weighted by atomic mass is 10.0. The van der Waals surface area contributed by atoms with Crippen LogP contribution in [0.5, 0.6) is 5.75 Å². The second kappa shape index (κ2) is 9.94. The summed E-state index contributed by atoms with van der Waals surface area (Å²) in [6.45, 7) is 3.39. The third kappa shape index (κ3) is 5.09. The van der Waals surface area contributed by atoms with Crippen LogP contribution >= 0.6 is 0 Å². The van der Waals surface area contributed by atoms with Gasteiger partial charge in [0.15, 0.2) is 15.5 Å². The van der Waals surface area contributed by atoms with Gasteiger partial charge in [-0.2, -0.15) is 13.2 Å². The van der Waals surface area contributed by atoms with Crippen molar-refractivity contribution >= 4 is 9.84 Å². The van der Waals surface area contributed by atoms with Gasteiger partial charge in [0.05, 0.1) is 35.3 Å². The molecule has 0 fully saturated rings. The molecule has 0 aliphatic rings. The van der Waals surface area contributed by atoms with Crippen molar-refractivity contribution in [3.8, 4) is 39.5 Å². The molecule has 0 unspecified atom stereocenters. The molecule has 0 N–H and O–H groups in total. The Morgan fingerprint density at radius 3 is 2.33 bits per heavy atom. The summed E-state index contributed by atoms with van der Waals surface area (Å²) in [6, 6.07) is 17.1. The molecule has 2 aromatic heterocycles. The van der Waals surface area contributed by atoms with Crippen molar-refractivity contribution in [1.82, 2.24) is 24.5 Å². The lowest BCUT2D eigenvalue weighted by Crippen LogP contribution is -2.08. The van der Waals surface area contributed by atoms with Gasteiger partial charge in [0.25, 0.3) is 0 Å². The van der Waals surface area contributed by atoms with E-state index in [9.17, 15) is 21.6 Å². The lowest BCUT2D eigenvalue weighted by Gasteiger charge is -2.17. The van der Waals surface area contributed by atoms with E-state index < -0.39 is 21.7 Å². The molecule has 5 rings (SSSR count). The molecule has 2 heterocycles. The molecule has 0 aliphatic heterocycles. The highest BCUT2D eigenvalue weighted by atomic mass is 32.2. The fourth-order valence-electron chi connectivity index (χ4n) is 4.48. The number of imidazole rings is 1. The Labute approximate surface area is 228 Å². The number of hydrogen-bond donors (Lipinski definition) is 0. The van der Waals surface area contributed by atoms with E-state index in [1.54, 1.807) is 60.5 Å². The second-order valence-corrected chi connectivity index (χ2v) is 11.3. The van der Waals surface area contributed by atoms with Gasteiger partial charge in [0, 0.05) is 18.0 Å². The van der Waals surface area contributed by atoms with Gasteiger partial charge in [-0.1, -0.05) is 23.4 Å². The third-order valence-corrected chi connectivity index (χ3v) is 7.60. The maximum absolute atomic E-state index is 13.5. The summed E-state index contributed by atoms with van der Waals surface area (Å²) in [4.78, 5) is 3.87. The first-order valence-corrected chi connectivity index (χ1v) is 13.9. The molecule has 3 aromatic carbocycles.